The molecule has 23 heavy (non-hydrogen) atoms. The minimum atomic E-state index is -4.95. The normalized spacial score (nSPS) is 18.5. The second-order valence-corrected chi connectivity index (χ2v) is 6.71. The molecular formula is C13H18ClF3N2O3S. The number of sulfonamides is 1. The van der Waals surface area contributed by atoms with Crippen LogP contribution in [0, 0.1) is 0 Å². The van der Waals surface area contributed by atoms with E-state index in [2.05, 4.69) is 14.8 Å². The van der Waals surface area contributed by atoms with Crippen LogP contribution in [-0.2, 0) is 10.0 Å². The van der Waals surface area contributed by atoms with Gasteiger partial charge < -0.3 is 10.1 Å². The lowest BCUT2D eigenvalue weighted by Crippen LogP contribution is -2.31. The van der Waals surface area contributed by atoms with Gasteiger partial charge in [-0.3, -0.25) is 0 Å². The van der Waals surface area contributed by atoms with E-state index in [0.29, 0.717) is 6.42 Å². The summed E-state index contributed by atoms with van der Waals surface area (Å²) < 4.78 is 67.3. The van der Waals surface area contributed by atoms with Crippen LogP contribution < -0.4 is 14.8 Å². The van der Waals surface area contributed by atoms with Crippen LogP contribution in [0.25, 0.3) is 0 Å². The van der Waals surface area contributed by atoms with Crippen molar-refractivity contribution in [1.82, 2.24) is 10.0 Å². The fourth-order valence-electron chi connectivity index (χ4n) is 2.33. The van der Waals surface area contributed by atoms with Gasteiger partial charge in [0.05, 0.1) is 0 Å². The summed E-state index contributed by atoms with van der Waals surface area (Å²) in [5.74, 6) is -0.735. The minimum Gasteiger partial charge on any atom is -0.404 e. The molecule has 1 aromatic rings. The van der Waals surface area contributed by atoms with Crippen molar-refractivity contribution in [2.24, 2.45) is 0 Å². The monoisotopic (exact) mass is 374 g/mol. The van der Waals surface area contributed by atoms with Crippen molar-refractivity contribution in [3.63, 3.8) is 0 Å². The number of hydrogen-bond acceptors (Lipinski definition) is 4. The molecule has 0 unspecified atom stereocenters. The van der Waals surface area contributed by atoms with Crippen molar-refractivity contribution in [2.45, 2.75) is 36.6 Å². The van der Waals surface area contributed by atoms with Gasteiger partial charge in [0.25, 0.3) is 0 Å². The molecule has 0 bridgehead atoms. The molecule has 1 aromatic carbocycles. The quantitative estimate of drug-likeness (QED) is 0.802. The first-order valence-corrected chi connectivity index (χ1v) is 8.34. The van der Waals surface area contributed by atoms with Gasteiger partial charge in [-0.1, -0.05) is 12.1 Å². The molecule has 1 aliphatic heterocycles. The Morgan fingerprint density at radius 3 is 2.61 bits per heavy atom. The topological polar surface area (TPSA) is 67.4 Å². The average Bonchev–Trinajstić information content (AvgIpc) is 2.90. The molecule has 0 amide bonds. The van der Waals surface area contributed by atoms with Gasteiger partial charge in [0.1, 0.15) is 10.6 Å². The lowest BCUT2D eigenvalue weighted by Gasteiger charge is -2.15. The number of halogens is 4. The minimum absolute atomic E-state index is 0. The smallest absolute Gasteiger partial charge is 0.404 e. The fourth-order valence-corrected chi connectivity index (χ4v) is 3.50. The molecule has 0 saturated carbocycles. The van der Waals surface area contributed by atoms with E-state index in [1.165, 1.54) is 12.1 Å². The molecule has 1 heterocycles. The second kappa shape index (κ2) is 8.18. The van der Waals surface area contributed by atoms with Crippen LogP contribution in [0.1, 0.15) is 19.3 Å². The van der Waals surface area contributed by atoms with Crippen LogP contribution in [0.15, 0.2) is 29.2 Å². The zero-order chi connectivity index (χ0) is 16.2. The SMILES string of the molecule is Cl.O=S(=O)(NCC[C@H]1CCCN1)c1ccccc1OC(F)(F)F. The molecule has 1 saturated heterocycles. The number of alkyl halides is 3. The van der Waals surface area contributed by atoms with Crippen molar-refractivity contribution >= 4 is 22.4 Å². The third kappa shape index (κ3) is 6.17. The van der Waals surface area contributed by atoms with Crippen molar-refractivity contribution in [1.29, 1.82) is 0 Å². The molecule has 0 radical (unpaired) electrons. The van der Waals surface area contributed by atoms with Crippen LogP contribution in [-0.4, -0.2) is 33.9 Å². The number of hydrogen-bond donors (Lipinski definition) is 2. The Hall–Kier alpha value is -1.03. The number of ether oxygens (including phenoxy) is 1. The highest BCUT2D eigenvalue weighted by Crippen LogP contribution is 2.29. The second-order valence-electron chi connectivity index (χ2n) is 4.97. The van der Waals surface area contributed by atoms with Gasteiger partial charge in [-0.15, -0.1) is 25.6 Å². The average molecular weight is 375 g/mol. The van der Waals surface area contributed by atoms with Gasteiger partial charge in [0.2, 0.25) is 10.0 Å². The van der Waals surface area contributed by atoms with Gasteiger partial charge in [-0.2, -0.15) is 0 Å². The maximum absolute atomic E-state index is 12.3. The Morgan fingerprint density at radius 2 is 2.00 bits per heavy atom. The summed E-state index contributed by atoms with van der Waals surface area (Å²) >= 11 is 0. The maximum atomic E-state index is 12.3. The first-order valence-electron chi connectivity index (χ1n) is 6.86. The lowest BCUT2D eigenvalue weighted by molar-refractivity contribution is -0.275. The van der Waals surface area contributed by atoms with Crippen molar-refractivity contribution < 1.29 is 26.3 Å². The number of nitrogens with one attached hydrogen (secondary N) is 2. The van der Waals surface area contributed by atoms with E-state index in [0.717, 1.165) is 31.5 Å². The highest BCUT2D eigenvalue weighted by molar-refractivity contribution is 7.89. The maximum Gasteiger partial charge on any atom is 0.573 e. The highest BCUT2D eigenvalue weighted by Gasteiger charge is 2.33. The van der Waals surface area contributed by atoms with Crippen LogP contribution >= 0.6 is 12.4 Å². The van der Waals surface area contributed by atoms with Crippen molar-refractivity contribution in [2.75, 3.05) is 13.1 Å². The van der Waals surface area contributed by atoms with Gasteiger partial charge in [-0.05, 0) is 37.9 Å². The van der Waals surface area contributed by atoms with E-state index in [1.54, 1.807) is 0 Å². The Labute approximate surface area is 139 Å². The zero-order valence-electron chi connectivity index (χ0n) is 12.1. The molecule has 1 atom stereocenters. The molecule has 132 valence electrons. The number of benzene rings is 1. The fraction of sp³-hybridized carbons (Fsp3) is 0.538. The highest BCUT2D eigenvalue weighted by atomic mass is 35.5. The third-order valence-corrected chi connectivity index (χ3v) is 4.81. The third-order valence-electron chi connectivity index (χ3n) is 3.31. The molecule has 0 spiro atoms. The van der Waals surface area contributed by atoms with Gasteiger partial charge >= 0.3 is 6.36 Å². The van der Waals surface area contributed by atoms with Crippen LogP contribution in [0.4, 0.5) is 13.2 Å². The van der Waals surface area contributed by atoms with E-state index in [4.69, 9.17) is 0 Å². The van der Waals surface area contributed by atoms with E-state index in [1.807, 2.05) is 0 Å². The molecule has 5 nitrogen and oxygen atoms in total. The summed E-state index contributed by atoms with van der Waals surface area (Å²) in [7, 11) is -4.06. The predicted octanol–water partition coefficient (Wildman–Crippen LogP) is 2.43. The first kappa shape index (κ1) is 20.0. The van der Waals surface area contributed by atoms with Gasteiger partial charge in [0, 0.05) is 12.6 Å². The Kier molecular flexibility index (Phi) is 7.12. The molecule has 0 aromatic heterocycles. The van der Waals surface area contributed by atoms with Crippen molar-refractivity contribution in [3.05, 3.63) is 24.3 Å². The van der Waals surface area contributed by atoms with Gasteiger partial charge in [0.15, 0.2) is 0 Å². The number of rotatable bonds is 6. The summed E-state index contributed by atoms with van der Waals surface area (Å²) in [6.45, 7) is 1.06. The largest absolute Gasteiger partial charge is 0.573 e. The van der Waals surface area contributed by atoms with E-state index >= 15 is 0 Å². The van der Waals surface area contributed by atoms with E-state index < -0.39 is 27.0 Å². The summed E-state index contributed by atoms with van der Waals surface area (Å²) in [6, 6.07) is 4.92. The van der Waals surface area contributed by atoms with Crippen LogP contribution in [0.2, 0.25) is 0 Å². The molecule has 1 aliphatic rings. The number of para-hydroxylation sites is 1. The Bertz CT molecular complexity index is 605. The molecule has 10 heteroatoms. The first-order chi connectivity index (χ1) is 10.3. The Morgan fingerprint density at radius 1 is 1.30 bits per heavy atom. The predicted molar refractivity (Wildman–Crippen MR) is 81.2 cm³/mol. The standard InChI is InChI=1S/C13H17F3N2O3S.ClH/c14-13(15,16)21-11-5-1-2-6-12(11)22(19,20)18-9-7-10-4-3-8-17-10;/h1-2,5-6,10,17-18H,3-4,7-9H2;1H/t10-;/m1./s1. The summed E-state index contributed by atoms with van der Waals surface area (Å²) in [6.07, 6.45) is -2.35. The van der Waals surface area contributed by atoms with E-state index in [-0.39, 0.29) is 25.0 Å². The molecule has 2 N–H and O–H groups in total. The molecule has 2 rings (SSSR count). The van der Waals surface area contributed by atoms with E-state index in [9.17, 15) is 21.6 Å². The Balaban J connectivity index is 0.00000264. The zero-order valence-corrected chi connectivity index (χ0v) is 13.7. The van der Waals surface area contributed by atoms with Gasteiger partial charge in [-0.25, -0.2) is 13.1 Å². The summed E-state index contributed by atoms with van der Waals surface area (Å²) in [5, 5.41) is 3.22. The summed E-state index contributed by atoms with van der Waals surface area (Å²) in [4.78, 5) is -0.522. The molecule has 0 aliphatic carbocycles. The summed E-state index contributed by atoms with van der Waals surface area (Å²) in [5.41, 5.74) is 0. The lowest BCUT2D eigenvalue weighted by atomic mass is 10.2. The van der Waals surface area contributed by atoms with Crippen LogP contribution in [0.3, 0.4) is 0 Å². The molecular weight excluding hydrogens is 357 g/mol. The van der Waals surface area contributed by atoms with Crippen LogP contribution in [0.5, 0.6) is 5.75 Å². The molecule has 1 fully saturated rings. The van der Waals surface area contributed by atoms with Crippen molar-refractivity contribution in [3.8, 4) is 5.75 Å².